The number of aliphatic hydroxyl groups is 4. The molecular weight excluding hydrogens is 1420 g/mol. The van der Waals surface area contributed by atoms with Gasteiger partial charge in [-0.05, 0) is 190 Å². The van der Waals surface area contributed by atoms with Gasteiger partial charge in [0.15, 0.2) is 0 Å². The van der Waals surface area contributed by atoms with Gasteiger partial charge in [-0.2, -0.15) is 23.5 Å². The van der Waals surface area contributed by atoms with Crippen LogP contribution in [0.4, 0.5) is 0 Å². The van der Waals surface area contributed by atoms with Crippen molar-refractivity contribution in [3.63, 3.8) is 0 Å². The van der Waals surface area contributed by atoms with Crippen LogP contribution in [0.1, 0.15) is 202 Å². The summed E-state index contributed by atoms with van der Waals surface area (Å²) in [7, 11) is 0. The van der Waals surface area contributed by atoms with E-state index in [4.69, 9.17) is 5.73 Å². The number of nitrogens with one attached hydrogen (secondary N) is 12. The molecule has 600 valence electrons. The van der Waals surface area contributed by atoms with Crippen LogP contribution in [0.3, 0.4) is 0 Å². The van der Waals surface area contributed by atoms with Crippen LogP contribution in [0.25, 0.3) is 0 Å². The number of amides is 12. The lowest BCUT2D eigenvalue weighted by atomic mass is 9.82. The first-order valence-electron chi connectivity index (χ1n) is 38.8. The predicted octanol–water partition coefficient (Wildman–Crippen LogP) is 0.516. The maximum atomic E-state index is 15.3. The summed E-state index contributed by atoms with van der Waals surface area (Å²) in [6, 6.07) is -5.83. The number of fused-ring (bicyclic) bond motifs is 4. The molecule has 2 saturated carbocycles. The van der Waals surface area contributed by atoms with Crippen molar-refractivity contribution < 1.29 is 78.0 Å². The SMILES string of the molecule is CCC[C@@H]1NC(=O)[C@H](CC2CNC3NCCCC23)NC(=O)[C@H]([C@@H](C)O)NC(=O)[C@]2(C)CCCN2C(=O)[C@H](CC2CCC(O)CC2)NC(=O)[C@H](C(C)(C)C)NC(=O)CCSCc2cccc(c2)CSC[C@@H](C(N)=O)NC(=O)[C@H]([C@@H](C)O)NC(=O)[C@H](CCC)NC(=O)[C@H](CC2CCC(O)CC2)NC(=O)[C@H](C)NC1=O. The molecular formula is C75H122N14O16S2. The summed E-state index contributed by atoms with van der Waals surface area (Å²) in [6.07, 6.45) is 3.07. The van der Waals surface area contributed by atoms with Gasteiger partial charge in [-0.1, -0.05) is 71.7 Å². The summed E-state index contributed by atoms with van der Waals surface area (Å²) in [5, 5.41) is 77.8. The molecule has 0 spiro atoms. The molecule has 107 heavy (non-hydrogen) atoms. The van der Waals surface area contributed by atoms with Crippen LogP contribution in [-0.2, 0) is 69.0 Å². The summed E-state index contributed by atoms with van der Waals surface area (Å²) in [5.41, 5.74) is 5.12. The number of hydrogen-bond donors (Lipinski definition) is 17. The molecule has 1 aromatic rings. The molecule has 30 nitrogen and oxygen atoms in total. The first-order chi connectivity index (χ1) is 50.7. The van der Waals surface area contributed by atoms with Crippen molar-refractivity contribution in [2.45, 2.75) is 299 Å². The fourth-order valence-corrected chi connectivity index (χ4v) is 17.4. The molecule has 0 aromatic heterocycles. The van der Waals surface area contributed by atoms with Crippen LogP contribution in [0.15, 0.2) is 24.3 Å². The van der Waals surface area contributed by atoms with Crippen LogP contribution in [0.2, 0.25) is 0 Å². The van der Waals surface area contributed by atoms with Gasteiger partial charge in [0.25, 0.3) is 0 Å². The summed E-state index contributed by atoms with van der Waals surface area (Å²) in [5.74, 6) is -8.25. The first kappa shape index (κ1) is 87.5. The molecule has 4 heterocycles. The third kappa shape index (κ3) is 25.7. The Kier molecular flexibility index (Phi) is 33.9. The Hall–Kier alpha value is -6.68. The predicted molar refractivity (Wildman–Crippen MR) is 405 cm³/mol. The Labute approximate surface area is 638 Å². The second-order valence-electron chi connectivity index (χ2n) is 31.8. The Morgan fingerprint density at radius 2 is 1.12 bits per heavy atom. The maximum absolute atomic E-state index is 15.3. The molecule has 18 N–H and O–H groups in total. The van der Waals surface area contributed by atoms with Crippen molar-refractivity contribution in [2.75, 3.05) is 31.1 Å². The third-order valence-electron chi connectivity index (χ3n) is 22.0. The van der Waals surface area contributed by atoms with Crippen LogP contribution >= 0.6 is 23.5 Å². The van der Waals surface area contributed by atoms with Gasteiger partial charge in [-0.15, -0.1) is 0 Å². The molecule has 2 aliphatic carbocycles. The molecule has 0 radical (unpaired) electrons. The van der Waals surface area contributed by atoms with Gasteiger partial charge in [0.1, 0.15) is 66.0 Å². The zero-order valence-corrected chi connectivity index (χ0v) is 65.5. The number of primary amides is 1. The number of piperidine rings is 1. The van der Waals surface area contributed by atoms with Crippen molar-refractivity contribution in [3.8, 4) is 0 Å². The van der Waals surface area contributed by atoms with E-state index in [2.05, 4.69) is 63.8 Å². The van der Waals surface area contributed by atoms with E-state index in [-0.39, 0.29) is 87.1 Å². The number of benzene rings is 1. The van der Waals surface area contributed by atoms with E-state index < -0.39 is 167 Å². The molecule has 3 saturated heterocycles. The highest BCUT2D eigenvalue weighted by atomic mass is 32.2. The van der Waals surface area contributed by atoms with E-state index in [1.807, 2.05) is 24.3 Å². The quantitative estimate of drug-likeness (QED) is 0.128. The van der Waals surface area contributed by atoms with Crippen molar-refractivity contribution in [3.05, 3.63) is 35.4 Å². The lowest BCUT2D eigenvalue weighted by molar-refractivity contribution is -0.148. The number of aliphatic hydroxyl groups excluding tert-OH is 4. The second-order valence-corrected chi connectivity index (χ2v) is 34.0. The highest BCUT2D eigenvalue weighted by Gasteiger charge is 2.50. The average molecular weight is 1540 g/mol. The number of carbonyl (C=O) groups excluding carboxylic acids is 12. The smallest absolute Gasteiger partial charge is 0.246 e. The molecule has 7 rings (SSSR count). The molecule has 3 unspecified atom stereocenters. The zero-order valence-electron chi connectivity index (χ0n) is 63.9. The molecule has 6 aliphatic rings. The monoisotopic (exact) mass is 1540 g/mol. The topological polar surface area (TPSA) is 459 Å². The van der Waals surface area contributed by atoms with Crippen molar-refractivity contribution in [2.24, 2.45) is 34.8 Å². The number of rotatable bonds is 13. The maximum Gasteiger partial charge on any atom is 0.246 e. The average Bonchev–Trinajstić information content (AvgIpc) is 1.68. The standard InChI is InChI=1S/C75H122N14O16S2/c1-10-15-52-65(97)79-41(3)64(96)82-54(34-44-20-24-49(92)25-21-44)67(99)81-53(16-11-2)66(98)87-59(42(4)90)69(101)85-57(62(76)95)40-107-39-47-18-12-17-46(33-47)38-106-32-28-58(94)86-61(74(6,7)8)71(103)84-56(35-45-22-26-50(93)27-23-45)72(104)89-31-14-29-75(89,9)73(105)88-60(43(5)91)70(102)83-55(68(100)80-52)36-48-37-78-63-51(48)19-13-30-77-63/h12,17-18,33,41-45,48-57,59-61,63,77-78,90-93H,10-11,13-16,19-32,34-40H2,1-9H3,(H2,76,95)(H,79,97)(H,80,100)(H,81,99)(H,82,96)(H,83,102)(H,84,103)(H,85,101)(H,86,94)(H,87,98)(H,88,105)/t41-,42+,43+,44?,45?,48?,49?,50?,51?,52-,53-,54-,55-,56-,57-,59-,60-,61+,63?,75-/m0/s1. The fourth-order valence-electron chi connectivity index (χ4n) is 15.5. The van der Waals surface area contributed by atoms with E-state index in [0.29, 0.717) is 94.4 Å². The number of hydrogen-bond acceptors (Lipinski definition) is 20. The van der Waals surface area contributed by atoms with Crippen molar-refractivity contribution >= 4 is 94.4 Å². The highest BCUT2D eigenvalue weighted by molar-refractivity contribution is 7.98. The summed E-state index contributed by atoms with van der Waals surface area (Å²) < 4.78 is 0. The van der Waals surface area contributed by atoms with Gasteiger partial charge >= 0.3 is 0 Å². The lowest BCUT2D eigenvalue weighted by Crippen LogP contribution is -2.65. The molecule has 5 fully saturated rings. The van der Waals surface area contributed by atoms with Crippen molar-refractivity contribution in [1.29, 1.82) is 0 Å². The van der Waals surface area contributed by atoms with Crippen molar-refractivity contribution in [1.82, 2.24) is 68.7 Å². The molecule has 16 atom stereocenters. The summed E-state index contributed by atoms with van der Waals surface area (Å²) in [4.78, 5) is 175. The number of nitrogens with two attached hydrogens (primary N) is 1. The summed E-state index contributed by atoms with van der Waals surface area (Å²) >= 11 is 2.78. The Morgan fingerprint density at radius 3 is 1.69 bits per heavy atom. The molecule has 12 amide bonds. The van der Waals surface area contributed by atoms with E-state index in [1.165, 1.54) is 49.2 Å². The molecule has 4 aliphatic heterocycles. The van der Waals surface area contributed by atoms with Gasteiger partial charge < -0.3 is 94.9 Å². The Bertz CT molecular complexity index is 3220. The zero-order chi connectivity index (χ0) is 78.4. The Balaban J connectivity index is 1.19. The van der Waals surface area contributed by atoms with E-state index in [0.717, 1.165) is 30.5 Å². The van der Waals surface area contributed by atoms with Gasteiger partial charge in [-0.25, -0.2) is 0 Å². The molecule has 1 aromatic carbocycles. The van der Waals surface area contributed by atoms with Crippen LogP contribution in [0.5, 0.6) is 0 Å². The number of nitrogens with zero attached hydrogens (tertiary/aromatic N) is 1. The minimum Gasteiger partial charge on any atom is -0.393 e. The highest BCUT2D eigenvalue weighted by Crippen LogP contribution is 2.36. The van der Waals surface area contributed by atoms with Gasteiger partial charge in [0.05, 0.1) is 30.6 Å². The van der Waals surface area contributed by atoms with Gasteiger partial charge in [0, 0.05) is 36.0 Å². The largest absolute Gasteiger partial charge is 0.393 e. The second kappa shape index (κ2) is 41.4. The van der Waals surface area contributed by atoms with E-state index in [1.54, 1.807) is 41.5 Å². The molecule has 2 bridgehead atoms. The van der Waals surface area contributed by atoms with Crippen LogP contribution in [0, 0.1) is 29.1 Å². The van der Waals surface area contributed by atoms with E-state index >= 15 is 9.59 Å². The summed E-state index contributed by atoms with van der Waals surface area (Å²) in [6.45, 7) is 15.8. The van der Waals surface area contributed by atoms with Gasteiger partial charge in [-0.3, -0.25) is 57.5 Å². The first-order valence-corrected chi connectivity index (χ1v) is 41.1. The minimum absolute atomic E-state index is 0.00684. The minimum atomic E-state index is -1.69. The van der Waals surface area contributed by atoms with Crippen LogP contribution in [-0.4, -0.2) is 224 Å². The van der Waals surface area contributed by atoms with E-state index in [9.17, 15) is 68.4 Å². The molecule has 32 heteroatoms. The van der Waals surface area contributed by atoms with Gasteiger partial charge in [0.2, 0.25) is 70.9 Å². The lowest BCUT2D eigenvalue weighted by Gasteiger charge is -2.39. The number of carbonyl (C=O) groups is 12. The normalized spacial score (nSPS) is 33.5. The fraction of sp³-hybridized carbons (Fsp3) is 0.760. The Morgan fingerprint density at radius 1 is 0.607 bits per heavy atom. The van der Waals surface area contributed by atoms with Crippen LogP contribution < -0.4 is 69.5 Å². The number of thioether (sulfide) groups is 2. The third-order valence-corrected chi connectivity index (χ3v) is 24.1.